The summed E-state index contributed by atoms with van der Waals surface area (Å²) >= 11 is 0. The molecule has 6 heteroatoms. The summed E-state index contributed by atoms with van der Waals surface area (Å²) in [6.45, 7) is 4.14. The maximum Gasteiger partial charge on any atom is 0.251 e. The minimum absolute atomic E-state index is 0.0896. The number of rotatable bonds is 6. The largest absolute Gasteiger partial charge is 0.340 e. The third-order valence-electron chi connectivity index (χ3n) is 3.84. The SMILES string of the molecule is CC(C)C(NC(=O)c1ccc(F)cc1)C(=O)N(C)Cc1cccnc1. The van der Waals surface area contributed by atoms with E-state index in [0.29, 0.717) is 12.1 Å². The lowest BCUT2D eigenvalue weighted by atomic mass is 10.0. The first kappa shape index (κ1) is 18.6. The summed E-state index contributed by atoms with van der Waals surface area (Å²) in [5, 5.41) is 2.75. The molecular weight excluding hydrogens is 321 g/mol. The van der Waals surface area contributed by atoms with Crippen LogP contribution in [0.4, 0.5) is 4.39 Å². The maximum atomic E-state index is 13.0. The van der Waals surface area contributed by atoms with Crippen LogP contribution in [0.25, 0.3) is 0 Å². The third kappa shape index (κ3) is 5.11. The van der Waals surface area contributed by atoms with Crippen LogP contribution in [0.2, 0.25) is 0 Å². The number of carbonyl (C=O) groups is 2. The molecule has 0 saturated carbocycles. The number of amides is 2. The van der Waals surface area contributed by atoms with Gasteiger partial charge in [0.15, 0.2) is 0 Å². The molecule has 1 N–H and O–H groups in total. The Balaban J connectivity index is 2.07. The Labute approximate surface area is 146 Å². The van der Waals surface area contributed by atoms with Crippen molar-refractivity contribution in [1.82, 2.24) is 15.2 Å². The van der Waals surface area contributed by atoms with Gasteiger partial charge < -0.3 is 10.2 Å². The van der Waals surface area contributed by atoms with E-state index in [9.17, 15) is 14.0 Å². The molecule has 0 fully saturated rings. The van der Waals surface area contributed by atoms with E-state index in [-0.39, 0.29) is 11.8 Å². The van der Waals surface area contributed by atoms with E-state index in [0.717, 1.165) is 5.56 Å². The van der Waals surface area contributed by atoms with Crippen molar-refractivity contribution in [3.05, 3.63) is 65.7 Å². The van der Waals surface area contributed by atoms with Gasteiger partial charge in [-0.1, -0.05) is 19.9 Å². The standard InChI is InChI=1S/C19H22FN3O2/c1-13(2)17(22-18(24)15-6-8-16(20)9-7-15)19(25)23(3)12-14-5-4-10-21-11-14/h4-11,13,17H,12H2,1-3H3,(H,22,24). The number of nitrogens with one attached hydrogen (secondary N) is 1. The second-order valence-electron chi connectivity index (χ2n) is 6.26. The van der Waals surface area contributed by atoms with Crippen molar-refractivity contribution in [2.24, 2.45) is 5.92 Å². The number of benzene rings is 1. The Morgan fingerprint density at radius 1 is 1.20 bits per heavy atom. The smallest absolute Gasteiger partial charge is 0.251 e. The third-order valence-corrected chi connectivity index (χ3v) is 3.84. The van der Waals surface area contributed by atoms with Crippen molar-refractivity contribution in [1.29, 1.82) is 0 Å². The zero-order valence-electron chi connectivity index (χ0n) is 14.6. The first-order valence-corrected chi connectivity index (χ1v) is 8.08. The van der Waals surface area contributed by atoms with E-state index in [4.69, 9.17) is 0 Å². The van der Waals surface area contributed by atoms with Crippen LogP contribution in [0.3, 0.4) is 0 Å². The van der Waals surface area contributed by atoms with Crippen LogP contribution in [-0.4, -0.2) is 34.8 Å². The van der Waals surface area contributed by atoms with Gasteiger partial charge in [-0.2, -0.15) is 0 Å². The van der Waals surface area contributed by atoms with Crippen molar-refractivity contribution in [2.45, 2.75) is 26.4 Å². The van der Waals surface area contributed by atoms with Gasteiger partial charge >= 0.3 is 0 Å². The van der Waals surface area contributed by atoms with E-state index in [1.807, 2.05) is 26.0 Å². The molecule has 2 aromatic rings. The van der Waals surface area contributed by atoms with Gasteiger partial charge in [0.2, 0.25) is 5.91 Å². The lowest BCUT2D eigenvalue weighted by Crippen LogP contribution is -2.50. The molecule has 2 rings (SSSR count). The maximum absolute atomic E-state index is 13.0. The first-order chi connectivity index (χ1) is 11.9. The van der Waals surface area contributed by atoms with Crippen molar-refractivity contribution >= 4 is 11.8 Å². The van der Waals surface area contributed by atoms with E-state index in [1.165, 1.54) is 24.3 Å². The zero-order chi connectivity index (χ0) is 18.4. The topological polar surface area (TPSA) is 62.3 Å². The predicted octanol–water partition coefficient (Wildman–Crippen LogP) is 2.63. The number of hydrogen-bond donors (Lipinski definition) is 1. The van der Waals surface area contributed by atoms with Crippen molar-refractivity contribution in [3.63, 3.8) is 0 Å². The summed E-state index contributed by atoms with van der Waals surface area (Å²) in [5.41, 5.74) is 1.22. The molecule has 132 valence electrons. The van der Waals surface area contributed by atoms with E-state index >= 15 is 0 Å². The summed E-state index contributed by atoms with van der Waals surface area (Å²) in [6.07, 6.45) is 3.37. The number of nitrogens with zero attached hydrogens (tertiary/aromatic N) is 2. The van der Waals surface area contributed by atoms with E-state index in [1.54, 1.807) is 24.3 Å². The summed E-state index contributed by atoms with van der Waals surface area (Å²) < 4.78 is 13.0. The van der Waals surface area contributed by atoms with Gasteiger partial charge in [0.25, 0.3) is 5.91 Å². The van der Waals surface area contributed by atoms with E-state index < -0.39 is 17.8 Å². The van der Waals surface area contributed by atoms with Gasteiger partial charge in [-0.15, -0.1) is 0 Å². The molecule has 0 spiro atoms. The molecule has 0 aliphatic carbocycles. The fourth-order valence-electron chi connectivity index (χ4n) is 2.42. The van der Waals surface area contributed by atoms with Gasteiger partial charge in [-0.25, -0.2) is 4.39 Å². The van der Waals surface area contributed by atoms with Crippen LogP contribution < -0.4 is 5.32 Å². The second kappa shape index (κ2) is 8.37. The van der Waals surface area contributed by atoms with Gasteiger partial charge in [0, 0.05) is 31.5 Å². The van der Waals surface area contributed by atoms with Crippen LogP contribution >= 0.6 is 0 Å². The van der Waals surface area contributed by atoms with Crippen LogP contribution in [0.1, 0.15) is 29.8 Å². The highest BCUT2D eigenvalue weighted by Crippen LogP contribution is 2.10. The van der Waals surface area contributed by atoms with Crippen molar-refractivity contribution in [2.75, 3.05) is 7.05 Å². The Morgan fingerprint density at radius 2 is 1.88 bits per heavy atom. The zero-order valence-corrected chi connectivity index (χ0v) is 14.6. The van der Waals surface area contributed by atoms with Crippen LogP contribution in [0.5, 0.6) is 0 Å². The first-order valence-electron chi connectivity index (χ1n) is 8.08. The Bertz CT molecular complexity index is 717. The Kier molecular flexibility index (Phi) is 6.22. The van der Waals surface area contributed by atoms with Gasteiger partial charge in [-0.3, -0.25) is 14.6 Å². The van der Waals surface area contributed by atoms with Gasteiger partial charge in [-0.05, 0) is 41.8 Å². The molecule has 0 radical (unpaired) electrons. The normalized spacial score (nSPS) is 11.9. The molecule has 1 aromatic heterocycles. The lowest BCUT2D eigenvalue weighted by Gasteiger charge is -2.27. The fourth-order valence-corrected chi connectivity index (χ4v) is 2.42. The molecule has 0 bridgehead atoms. The summed E-state index contributed by atoms with van der Waals surface area (Å²) in [4.78, 5) is 30.7. The minimum atomic E-state index is -0.667. The molecular formula is C19H22FN3O2. The molecule has 2 amide bonds. The van der Waals surface area contributed by atoms with Crippen LogP contribution in [0.15, 0.2) is 48.8 Å². The number of halogens is 1. The van der Waals surface area contributed by atoms with Crippen LogP contribution in [0, 0.1) is 11.7 Å². The number of aromatic nitrogens is 1. The molecule has 0 saturated heterocycles. The monoisotopic (exact) mass is 343 g/mol. The fraction of sp³-hybridized carbons (Fsp3) is 0.316. The average Bonchev–Trinajstić information content (AvgIpc) is 2.60. The van der Waals surface area contributed by atoms with Crippen LogP contribution in [-0.2, 0) is 11.3 Å². The highest BCUT2D eigenvalue weighted by molar-refractivity contribution is 5.97. The number of pyridine rings is 1. The summed E-state index contributed by atoms with van der Waals surface area (Å²) in [7, 11) is 1.69. The number of hydrogen-bond acceptors (Lipinski definition) is 3. The average molecular weight is 343 g/mol. The molecule has 1 unspecified atom stereocenters. The number of carbonyl (C=O) groups excluding carboxylic acids is 2. The molecule has 1 atom stereocenters. The second-order valence-corrected chi connectivity index (χ2v) is 6.26. The Morgan fingerprint density at radius 3 is 2.44 bits per heavy atom. The van der Waals surface area contributed by atoms with Gasteiger partial charge in [0.05, 0.1) is 0 Å². The summed E-state index contributed by atoms with van der Waals surface area (Å²) in [5.74, 6) is -1.09. The molecule has 5 nitrogen and oxygen atoms in total. The Hall–Kier alpha value is -2.76. The summed E-state index contributed by atoms with van der Waals surface area (Å²) in [6, 6.07) is 8.25. The lowest BCUT2D eigenvalue weighted by molar-refractivity contribution is -0.133. The van der Waals surface area contributed by atoms with Crippen molar-refractivity contribution < 1.29 is 14.0 Å². The van der Waals surface area contributed by atoms with Crippen molar-refractivity contribution in [3.8, 4) is 0 Å². The highest BCUT2D eigenvalue weighted by Gasteiger charge is 2.27. The minimum Gasteiger partial charge on any atom is -0.340 e. The molecule has 0 aliphatic rings. The number of likely N-dealkylation sites (N-methyl/N-ethyl adjacent to an activating group) is 1. The highest BCUT2D eigenvalue weighted by atomic mass is 19.1. The molecule has 0 aliphatic heterocycles. The molecule has 1 aromatic carbocycles. The quantitative estimate of drug-likeness (QED) is 0.877. The van der Waals surface area contributed by atoms with Gasteiger partial charge in [0.1, 0.15) is 11.9 Å². The molecule has 1 heterocycles. The predicted molar refractivity (Wildman–Crippen MR) is 93.2 cm³/mol. The van der Waals surface area contributed by atoms with E-state index in [2.05, 4.69) is 10.3 Å². The molecule has 25 heavy (non-hydrogen) atoms.